The second-order valence-corrected chi connectivity index (χ2v) is 9.47. The SMILES string of the molecule is Cc1cc([C@@H](C)Nc2ccc(Cl)nc2C(=O)O)c2nc3n(c(=O)c2c1)CCC31CC(F)(F)C1. The first-order valence-corrected chi connectivity index (χ1v) is 11.0. The summed E-state index contributed by atoms with van der Waals surface area (Å²) in [4.78, 5) is 33.5. The van der Waals surface area contributed by atoms with E-state index in [0.717, 1.165) is 5.56 Å². The summed E-state index contributed by atoms with van der Waals surface area (Å²) in [5.41, 5.74) is 0.974. The molecule has 7 nitrogen and oxygen atoms in total. The monoisotopic (exact) mass is 474 g/mol. The number of carbonyl (C=O) groups is 1. The van der Waals surface area contributed by atoms with Crippen molar-refractivity contribution in [1.29, 1.82) is 0 Å². The van der Waals surface area contributed by atoms with Crippen LogP contribution in [0.4, 0.5) is 14.5 Å². The fourth-order valence-corrected chi connectivity index (χ4v) is 5.33. The van der Waals surface area contributed by atoms with Crippen LogP contribution in [0.1, 0.15) is 59.7 Å². The molecule has 33 heavy (non-hydrogen) atoms. The van der Waals surface area contributed by atoms with Crippen molar-refractivity contribution >= 4 is 34.2 Å². The molecule has 1 aliphatic heterocycles. The van der Waals surface area contributed by atoms with Gasteiger partial charge in [0.05, 0.1) is 22.6 Å². The highest BCUT2D eigenvalue weighted by Gasteiger charge is 2.61. The van der Waals surface area contributed by atoms with Crippen LogP contribution in [0.3, 0.4) is 0 Å². The molecule has 3 aromatic rings. The lowest BCUT2D eigenvalue weighted by atomic mass is 9.65. The number of carboxylic acid groups (broad SMARTS) is 1. The van der Waals surface area contributed by atoms with Gasteiger partial charge in [-0.3, -0.25) is 9.36 Å². The third kappa shape index (κ3) is 3.45. The third-order valence-corrected chi connectivity index (χ3v) is 6.83. The molecule has 0 radical (unpaired) electrons. The molecular formula is C23H21ClF2N4O3. The first-order chi connectivity index (χ1) is 15.5. The highest BCUT2D eigenvalue weighted by Crippen LogP contribution is 2.57. The molecule has 0 bridgehead atoms. The number of aryl methyl sites for hydroxylation is 1. The summed E-state index contributed by atoms with van der Waals surface area (Å²) in [5.74, 6) is -3.55. The van der Waals surface area contributed by atoms with E-state index >= 15 is 0 Å². The minimum Gasteiger partial charge on any atom is -0.476 e. The van der Waals surface area contributed by atoms with Crippen LogP contribution in [0, 0.1) is 6.92 Å². The van der Waals surface area contributed by atoms with E-state index in [1.165, 1.54) is 16.7 Å². The number of benzene rings is 1. The summed E-state index contributed by atoms with van der Waals surface area (Å²) in [6.07, 6.45) is -0.127. The number of aromatic carboxylic acids is 1. The van der Waals surface area contributed by atoms with Crippen LogP contribution < -0.4 is 10.9 Å². The maximum absolute atomic E-state index is 13.8. The average Bonchev–Trinajstić information content (AvgIpc) is 3.07. The zero-order valence-corrected chi connectivity index (χ0v) is 18.7. The van der Waals surface area contributed by atoms with Gasteiger partial charge < -0.3 is 10.4 Å². The Morgan fingerprint density at radius 3 is 2.67 bits per heavy atom. The van der Waals surface area contributed by atoms with Gasteiger partial charge in [0.25, 0.3) is 5.56 Å². The van der Waals surface area contributed by atoms with Crippen molar-refractivity contribution in [3.63, 3.8) is 0 Å². The predicted molar refractivity (Wildman–Crippen MR) is 119 cm³/mol. The number of aromatic nitrogens is 3. The second-order valence-electron chi connectivity index (χ2n) is 9.08. The maximum Gasteiger partial charge on any atom is 0.356 e. The molecule has 1 fully saturated rings. The number of carboxylic acids is 1. The topological polar surface area (TPSA) is 97.1 Å². The van der Waals surface area contributed by atoms with E-state index in [-0.39, 0.29) is 34.9 Å². The van der Waals surface area contributed by atoms with Crippen LogP contribution >= 0.6 is 11.6 Å². The van der Waals surface area contributed by atoms with E-state index in [2.05, 4.69) is 10.3 Å². The number of nitrogens with one attached hydrogen (secondary N) is 1. The van der Waals surface area contributed by atoms with Gasteiger partial charge in [0, 0.05) is 30.4 Å². The molecule has 1 aromatic carbocycles. The summed E-state index contributed by atoms with van der Waals surface area (Å²) >= 11 is 5.85. The Hall–Kier alpha value is -3.07. The molecule has 3 heterocycles. The number of hydrogen-bond acceptors (Lipinski definition) is 5. The van der Waals surface area contributed by atoms with Crippen molar-refractivity contribution in [3.05, 3.63) is 62.4 Å². The van der Waals surface area contributed by atoms with Gasteiger partial charge in [-0.25, -0.2) is 23.5 Å². The lowest BCUT2D eigenvalue weighted by molar-refractivity contribution is -0.127. The molecule has 10 heteroatoms. The first kappa shape index (κ1) is 21.8. The normalized spacial score (nSPS) is 18.7. The largest absolute Gasteiger partial charge is 0.476 e. The highest BCUT2D eigenvalue weighted by atomic mass is 35.5. The summed E-state index contributed by atoms with van der Waals surface area (Å²) in [7, 11) is 0. The van der Waals surface area contributed by atoms with E-state index in [1.807, 2.05) is 19.9 Å². The van der Waals surface area contributed by atoms with Crippen LogP contribution in [-0.4, -0.2) is 31.5 Å². The van der Waals surface area contributed by atoms with Gasteiger partial charge in [-0.15, -0.1) is 0 Å². The first-order valence-electron chi connectivity index (χ1n) is 10.6. The lowest BCUT2D eigenvalue weighted by Gasteiger charge is -2.43. The van der Waals surface area contributed by atoms with E-state index in [0.29, 0.717) is 35.3 Å². The fourth-order valence-electron chi connectivity index (χ4n) is 5.18. The van der Waals surface area contributed by atoms with Gasteiger partial charge >= 0.3 is 5.97 Å². The molecule has 1 atom stereocenters. The van der Waals surface area contributed by atoms with Gasteiger partial charge in [-0.05, 0) is 44.0 Å². The molecular weight excluding hydrogens is 454 g/mol. The predicted octanol–water partition coefficient (Wildman–Crippen LogP) is 4.70. The van der Waals surface area contributed by atoms with Crippen LogP contribution in [0.25, 0.3) is 10.9 Å². The zero-order valence-electron chi connectivity index (χ0n) is 18.0. The summed E-state index contributed by atoms with van der Waals surface area (Å²) in [5, 5.41) is 13.1. The molecule has 1 saturated carbocycles. The Balaban J connectivity index is 1.63. The molecule has 2 N–H and O–H groups in total. The Morgan fingerprint density at radius 1 is 1.27 bits per heavy atom. The minimum atomic E-state index is -2.73. The van der Waals surface area contributed by atoms with Gasteiger partial charge in [0.2, 0.25) is 5.92 Å². The molecule has 0 unspecified atom stereocenters. The molecule has 0 saturated heterocycles. The zero-order chi connectivity index (χ0) is 23.7. The van der Waals surface area contributed by atoms with Gasteiger partial charge in [0.1, 0.15) is 11.0 Å². The minimum absolute atomic E-state index is 0.0551. The third-order valence-electron chi connectivity index (χ3n) is 6.62. The lowest BCUT2D eigenvalue weighted by Crippen LogP contribution is -2.49. The van der Waals surface area contributed by atoms with Crippen molar-refractivity contribution in [1.82, 2.24) is 14.5 Å². The molecule has 5 rings (SSSR count). The summed E-state index contributed by atoms with van der Waals surface area (Å²) in [6.45, 7) is 4.05. The van der Waals surface area contributed by atoms with Crippen LogP contribution in [0.15, 0.2) is 29.1 Å². The number of rotatable bonds is 4. The second kappa shape index (κ2) is 7.21. The van der Waals surface area contributed by atoms with Gasteiger partial charge in [0.15, 0.2) is 5.69 Å². The van der Waals surface area contributed by atoms with E-state index in [9.17, 15) is 23.5 Å². The maximum atomic E-state index is 13.8. The van der Waals surface area contributed by atoms with Crippen LogP contribution in [-0.2, 0) is 12.0 Å². The Labute approximate surface area is 192 Å². The average molecular weight is 475 g/mol. The Bertz CT molecular complexity index is 1380. The summed E-state index contributed by atoms with van der Waals surface area (Å²) < 4.78 is 29.1. The van der Waals surface area contributed by atoms with E-state index < -0.39 is 23.3 Å². The van der Waals surface area contributed by atoms with Crippen molar-refractivity contribution in [3.8, 4) is 0 Å². The Morgan fingerprint density at radius 2 is 2.00 bits per heavy atom. The number of alkyl halides is 2. The standard InChI is InChI=1S/C23H21ClF2N4O3/c1-11-7-13(12(2)27-15-3-4-16(24)28-18(15)20(32)33)17-14(8-11)19(31)30-6-5-22(21(30)29-17)9-23(25,26)10-22/h3-4,7-8,12,27H,5-6,9-10H2,1-2H3,(H,32,33)/t12-/m1/s1. The molecule has 1 spiro atoms. The highest BCUT2D eigenvalue weighted by molar-refractivity contribution is 6.29. The molecule has 172 valence electrons. The van der Waals surface area contributed by atoms with E-state index in [1.54, 1.807) is 6.07 Å². The fraction of sp³-hybridized carbons (Fsp3) is 0.391. The number of fused-ring (bicyclic) bond motifs is 3. The molecule has 2 aliphatic rings. The number of nitrogens with zero attached hydrogens (tertiary/aromatic N) is 3. The van der Waals surface area contributed by atoms with Crippen molar-refractivity contribution in [2.75, 3.05) is 5.32 Å². The van der Waals surface area contributed by atoms with Gasteiger partial charge in [-0.2, -0.15) is 0 Å². The molecule has 2 aromatic heterocycles. The van der Waals surface area contributed by atoms with Gasteiger partial charge in [-0.1, -0.05) is 17.7 Å². The number of pyridine rings is 1. The van der Waals surface area contributed by atoms with Crippen LogP contribution in [0.5, 0.6) is 0 Å². The van der Waals surface area contributed by atoms with Crippen LogP contribution in [0.2, 0.25) is 5.15 Å². The van der Waals surface area contributed by atoms with Crippen molar-refractivity contribution in [2.45, 2.75) is 57.0 Å². The summed E-state index contributed by atoms with van der Waals surface area (Å²) in [6, 6.07) is 6.17. The van der Waals surface area contributed by atoms with Crippen molar-refractivity contribution in [2.24, 2.45) is 0 Å². The van der Waals surface area contributed by atoms with Crippen molar-refractivity contribution < 1.29 is 18.7 Å². The van der Waals surface area contributed by atoms with E-state index in [4.69, 9.17) is 16.6 Å². The quantitative estimate of drug-likeness (QED) is 0.532. The number of halogens is 3. The molecule has 0 amide bonds. The Kier molecular flexibility index (Phi) is 4.76. The number of anilines is 1. The smallest absolute Gasteiger partial charge is 0.356 e. The number of hydrogen-bond donors (Lipinski definition) is 2. The molecule has 1 aliphatic carbocycles.